The number of nitrogens with two attached hydrogens (primary N) is 2. The summed E-state index contributed by atoms with van der Waals surface area (Å²) in [6.45, 7) is 0. The Morgan fingerprint density at radius 1 is 1.19 bits per heavy atom. The van der Waals surface area contributed by atoms with Gasteiger partial charge in [-0.1, -0.05) is 0 Å². The molecule has 0 radical (unpaired) electrons. The van der Waals surface area contributed by atoms with Crippen molar-refractivity contribution < 1.29 is 9.21 Å². The van der Waals surface area contributed by atoms with Crippen LogP contribution >= 0.6 is 0 Å². The van der Waals surface area contributed by atoms with Crippen molar-refractivity contribution in [3.8, 4) is 0 Å². The Morgan fingerprint density at radius 3 is 2.44 bits per heavy atom. The van der Waals surface area contributed by atoms with Crippen LogP contribution in [0.15, 0.2) is 41.0 Å². The van der Waals surface area contributed by atoms with Crippen molar-refractivity contribution in [3.05, 3.63) is 42.4 Å². The highest BCUT2D eigenvalue weighted by atomic mass is 16.3. The first-order valence-electron chi connectivity index (χ1n) is 4.66. The minimum absolute atomic E-state index is 0.237. The average molecular weight is 217 g/mol. The summed E-state index contributed by atoms with van der Waals surface area (Å²) in [5, 5.41) is 2.63. The van der Waals surface area contributed by atoms with Crippen molar-refractivity contribution in [2.45, 2.75) is 0 Å². The maximum absolute atomic E-state index is 11.6. The third kappa shape index (κ3) is 2.14. The van der Waals surface area contributed by atoms with Gasteiger partial charge in [0.15, 0.2) is 5.76 Å². The maximum Gasteiger partial charge on any atom is 0.291 e. The summed E-state index contributed by atoms with van der Waals surface area (Å²) in [5.41, 5.74) is 12.7. The number of rotatable bonds is 2. The zero-order valence-electron chi connectivity index (χ0n) is 8.44. The molecule has 0 aliphatic carbocycles. The topological polar surface area (TPSA) is 94.3 Å². The van der Waals surface area contributed by atoms with Crippen molar-refractivity contribution in [1.29, 1.82) is 0 Å². The van der Waals surface area contributed by atoms with Crippen LogP contribution in [0.25, 0.3) is 0 Å². The van der Waals surface area contributed by atoms with E-state index in [0.717, 1.165) is 0 Å². The lowest BCUT2D eigenvalue weighted by Gasteiger charge is -2.05. The number of nitrogens with one attached hydrogen (secondary N) is 1. The van der Waals surface area contributed by atoms with E-state index in [1.165, 1.54) is 6.26 Å². The van der Waals surface area contributed by atoms with Crippen LogP contribution in [0.5, 0.6) is 0 Å². The minimum atomic E-state index is -0.338. The molecule has 0 atom stereocenters. The van der Waals surface area contributed by atoms with Crippen molar-refractivity contribution in [2.75, 3.05) is 16.8 Å². The van der Waals surface area contributed by atoms with Crippen LogP contribution in [-0.2, 0) is 0 Å². The molecule has 1 amide bonds. The van der Waals surface area contributed by atoms with E-state index < -0.39 is 0 Å². The summed E-state index contributed by atoms with van der Waals surface area (Å²) >= 11 is 0. The molecule has 5 N–H and O–H groups in total. The first kappa shape index (κ1) is 10.1. The number of anilines is 3. The molecule has 1 aromatic heterocycles. The van der Waals surface area contributed by atoms with Gasteiger partial charge in [0.25, 0.3) is 5.91 Å². The second-order valence-corrected chi connectivity index (χ2v) is 3.32. The van der Waals surface area contributed by atoms with Gasteiger partial charge in [-0.05, 0) is 30.3 Å². The van der Waals surface area contributed by atoms with E-state index in [-0.39, 0.29) is 11.7 Å². The molecule has 1 heterocycles. The minimum Gasteiger partial charge on any atom is -0.459 e. The summed E-state index contributed by atoms with van der Waals surface area (Å²) in [6, 6.07) is 8.07. The van der Waals surface area contributed by atoms with Crippen molar-refractivity contribution in [3.63, 3.8) is 0 Å². The predicted molar refractivity (Wildman–Crippen MR) is 61.9 cm³/mol. The molecule has 1 aromatic carbocycles. The van der Waals surface area contributed by atoms with E-state index in [1.54, 1.807) is 30.3 Å². The Balaban J connectivity index is 2.18. The van der Waals surface area contributed by atoms with Crippen LogP contribution in [0.1, 0.15) is 10.6 Å². The monoisotopic (exact) mass is 217 g/mol. The zero-order chi connectivity index (χ0) is 11.5. The number of amides is 1. The van der Waals surface area contributed by atoms with Crippen molar-refractivity contribution in [2.24, 2.45) is 0 Å². The van der Waals surface area contributed by atoms with E-state index in [2.05, 4.69) is 5.32 Å². The number of nitrogen functional groups attached to an aromatic ring is 2. The van der Waals surface area contributed by atoms with Gasteiger partial charge in [0.2, 0.25) is 0 Å². The van der Waals surface area contributed by atoms with E-state index in [0.29, 0.717) is 17.1 Å². The molecule has 16 heavy (non-hydrogen) atoms. The number of carbonyl (C=O) groups is 1. The fourth-order valence-corrected chi connectivity index (χ4v) is 1.35. The lowest BCUT2D eigenvalue weighted by atomic mass is 10.2. The molecule has 5 nitrogen and oxygen atoms in total. The van der Waals surface area contributed by atoms with Crippen LogP contribution < -0.4 is 16.8 Å². The summed E-state index contributed by atoms with van der Waals surface area (Å²) in [6.07, 6.45) is 1.43. The number of hydrogen-bond acceptors (Lipinski definition) is 4. The highest BCUT2D eigenvalue weighted by molar-refractivity contribution is 6.02. The Labute approximate surface area is 92.0 Å². The molecule has 0 saturated heterocycles. The van der Waals surface area contributed by atoms with Crippen LogP contribution in [0.2, 0.25) is 0 Å². The van der Waals surface area contributed by atoms with E-state index in [9.17, 15) is 4.79 Å². The molecule has 82 valence electrons. The maximum atomic E-state index is 11.6. The Kier molecular flexibility index (Phi) is 2.51. The van der Waals surface area contributed by atoms with Gasteiger partial charge in [-0.2, -0.15) is 0 Å². The van der Waals surface area contributed by atoms with Gasteiger partial charge in [-0.15, -0.1) is 0 Å². The van der Waals surface area contributed by atoms with Gasteiger partial charge in [0, 0.05) is 17.1 Å². The van der Waals surface area contributed by atoms with E-state index in [4.69, 9.17) is 15.9 Å². The summed E-state index contributed by atoms with van der Waals surface area (Å²) in [7, 11) is 0. The Hall–Kier alpha value is -2.43. The largest absolute Gasteiger partial charge is 0.459 e. The smallest absolute Gasteiger partial charge is 0.291 e. The second-order valence-electron chi connectivity index (χ2n) is 3.32. The molecule has 0 aliphatic rings. The van der Waals surface area contributed by atoms with Gasteiger partial charge >= 0.3 is 0 Å². The molecule has 0 bridgehead atoms. The highest BCUT2D eigenvalue weighted by Gasteiger charge is 2.08. The Morgan fingerprint density at radius 2 is 1.88 bits per heavy atom. The van der Waals surface area contributed by atoms with Gasteiger partial charge < -0.3 is 21.2 Å². The van der Waals surface area contributed by atoms with E-state index >= 15 is 0 Å². The summed E-state index contributed by atoms with van der Waals surface area (Å²) < 4.78 is 4.95. The van der Waals surface area contributed by atoms with Crippen molar-refractivity contribution in [1.82, 2.24) is 0 Å². The van der Waals surface area contributed by atoms with Gasteiger partial charge in [0.1, 0.15) is 0 Å². The molecule has 2 rings (SSSR count). The number of furan rings is 1. The fourth-order valence-electron chi connectivity index (χ4n) is 1.35. The lowest BCUT2D eigenvalue weighted by Crippen LogP contribution is -2.11. The van der Waals surface area contributed by atoms with Crippen LogP contribution in [0.3, 0.4) is 0 Å². The SMILES string of the molecule is Nc1cc(N)cc(NC(=O)c2ccco2)c1. The molecule has 0 unspecified atom stereocenters. The third-order valence-corrected chi connectivity index (χ3v) is 1.98. The van der Waals surface area contributed by atoms with Crippen LogP contribution in [-0.4, -0.2) is 5.91 Å². The standard InChI is InChI=1S/C11H11N3O2/c12-7-4-8(13)6-9(5-7)14-11(15)10-2-1-3-16-10/h1-6H,12-13H2,(H,14,15). The fraction of sp³-hybridized carbons (Fsp3) is 0. The van der Waals surface area contributed by atoms with Gasteiger partial charge in [0.05, 0.1) is 6.26 Å². The molecule has 0 spiro atoms. The highest BCUT2D eigenvalue weighted by Crippen LogP contribution is 2.18. The molecule has 2 aromatic rings. The molecule has 0 fully saturated rings. The molecule has 0 aliphatic heterocycles. The number of benzene rings is 1. The van der Waals surface area contributed by atoms with Gasteiger partial charge in [-0.25, -0.2) is 0 Å². The summed E-state index contributed by atoms with van der Waals surface area (Å²) in [4.78, 5) is 11.6. The van der Waals surface area contributed by atoms with Crippen LogP contribution in [0, 0.1) is 0 Å². The molecular formula is C11H11N3O2. The van der Waals surface area contributed by atoms with E-state index in [1.807, 2.05) is 0 Å². The normalized spacial score (nSPS) is 10.0. The summed E-state index contributed by atoms with van der Waals surface area (Å²) in [5.74, 6) is -0.101. The predicted octanol–water partition coefficient (Wildman–Crippen LogP) is 1.70. The number of hydrogen-bond donors (Lipinski definition) is 3. The van der Waals surface area contributed by atoms with Gasteiger partial charge in [-0.3, -0.25) is 4.79 Å². The first-order chi connectivity index (χ1) is 7.65. The first-order valence-corrected chi connectivity index (χ1v) is 4.66. The Bertz CT molecular complexity index is 486. The molecule has 0 saturated carbocycles. The quantitative estimate of drug-likeness (QED) is 0.667. The number of carbonyl (C=O) groups excluding carboxylic acids is 1. The average Bonchev–Trinajstić information content (AvgIpc) is 2.68. The van der Waals surface area contributed by atoms with Crippen molar-refractivity contribution >= 4 is 23.0 Å². The molecule has 5 heteroatoms. The third-order valence-electron chi connectivity index (χ3n) is 1.98. The molecular weight excluding hydrogens is 206 g/mol. The lowest BCUT2D eigenvalue weighted by molar-refractivity contribution is 0.0996. The zero-order valence-corrected chi connectivity index (χ0v) is 8.44. The second kappa shape index (κ2) is 3.98. The van der Waals surface area contributed by atoms with Crippen LogP contribution in [0.4, 0.5) is 17.1 Å².